The Morgan fingerprint density at radius 3 is 2.90 bits per heavy atom. The number of para-hydroxylation sites is 1. The number of nitrogens with one attached hydrogen (secondary N) is 1. The van der Waals surface area contributed by atoms with Gasteiger partial charge in [0.25, 0.3) is 5.91 Å². The average Bonchev–Trinajstić information content (AvgIpc) is 2.46. The number of hydrogen-bond acceptors (Lipinski definition) is 4. The van der Waals surface area contributed by atoms with Gasteiger partial charge in [-0.25, -0.2) is 4.98 Å². The topological polar surface area (TPSA) is 77.2 Å². The van der Waals surface area contributed by atoms with Crippen molar-refractivity contribution in [2.24, 2.45) is 5.73 Å². The Bertz CT molecular complexity index is 599. The van der Waals surface area contributed by atoms with Gasteiger partial charge in [0.05, 0.1) is 5.56 Å². The van der Waals surface area contributed by atoms with Gasteiger partial charge in [-0.3, -0.25) is 4.79 Å². The Morgan fingerprint density at radius 2 is 2.15 bits per heavy atom. The summed E-state index contributed by atoms with van der Waals surface area (Å²) in [5.41, 5.74) is 5.67. The minimum atomic E-state index is -0.515. The summed E-state index contributed by atoms with van der Waals surface area (Å²) in [4.78, 5) is 15.5. The fraction of sp³-hybridized carbons (Fsp3) is 0.200. The smallest absolute Gasteiger partial charge is 0.252 e. The molecule has 0 fully saturated rings. The van der Waals surface area contributed by atoms with Gasteiger partial charge >= 0.3 is 0 Å². The molecule has 0 saturated carbocycles. The van der Waals surface area contributed by atoms with Crippen molar-refractivity contribution in [1.82, 2.24) is 4.98 Å². The molecule has 1 heterocycles. The van der Waals surface area contributed by atoms with E-state index in [0.29, 0.717) is 17.1 Å². The molecule has 0 aliphatic rings. The monoisotopic (exact) mass is 271 g/mol. The van der Waals surface area contributed by atoms with Crippen LogP contribution in [0.2, 0.25) is 0 Å². The van der Waals surface area contributed by atoms with Crippen LogP contribution in [0.15, 0.2) is 42.6 Å². The number of carbonyl (C=O) groups excluding carboxylic acids is 1. The van der Waals surface area contributed by atoms with Crippen LogP contribution in [-0.2, 0) is 0 Å². The second-order valence-electron chi connectivity index (χ2n) is 4.27. The van der Waals surface area contributed by atoms with Crippen molar-refractivity contribution in [3.63, 3.8) is 0 Å². The molecule has 0 saturated heterocycles. The first kappa shape index (κ1) is 13.9. The highest BCUT2D eigenvalue weighted by atomic mass is 16.5. The maximum Gasteiger partial charge on any atom is 0.252 e. The Morgan fingerprint density at radius 1 is 1.35 bits per heavy atom. The van der Waals surface area contributed by atoms with Gasteiger partial charge in [0.2, 0.25) is 0 Å². The van der Waals surface area contributed by atoms with E-state index >= 15 is 0 Å². The van der Waals surface area contributed by atoms with Crippen molar-refractivity contribution in [2.45, 2.75) is 13.3 Å². The number of pyridine rings is 1. The summed E-state index contributed by atoms with van der Waals surface area (Å²) >= 11 is 0. The van der Waals surface area contributed by atoms with E-state index in [2.05, 4.69) is 17.2 Å². The minimum absolute atomic E-state index is 0.354. The molecule has 0 spiro atoms. The molecule has 5 heteroatoms. The van der Waals surface area contributed by atoms with Crippen LogP contribution in [-0.4, -0.2) is 17.4 Å². The number of nitrogens with two attached hydrogens (primary N) is 1. The predicted octanol–water partition coefficient (Wildman–Crippen LogP) is 2.79. The van der Waals surface area contributed by atoms with Crippen molar-refractivity contribution in [1.29, 1.82) is 0 Å². The lowest BCUT2D eigenvalue weighted by Crippen LogP contribution is -2.12. The molecule has 0 bridgehead atoms. The maximum atomic E-state index is 11.3. The molecule has 20 heavy (non-hydrogen) atoms. The molecule has 0 atom stereocenters. The van der Waals surface area contributed by atoms with Gasteiger partial charge in [0.15, 0.2) is 0 Å². The maximum absolute atomic E-state index is 11.3. The largest absolute Gasteiger partial charge is 0.456 e. The number of carbonyl (C=O) groups is 1. The fourth-order valence-corrected chi connectivity index (χ4v) is 1.71. The van der Waals surface area contributed by atoms with E-state index in [1.165, 1.54) is 0 Å². The van der Waals surface area contributed by atoms with Crippen LogP contribution in [0.4, 0.5) is 5.82 Å². The molecule has 1 amide bonds. The SMILES string of the molecule is CCCNc1cc(Oc2ccccc2C(N)=O)ccn1. The highest BCUT2D eigenvalue weighted by Gasteiger charge is 2.09. The molecule has 2 rings (SSSR count). The Kier molecular flexibility index (Phi) is 4.55. The van der Waals surface area contributed by atoms with E-state index in [1.807, 2.05) is 0 Å². The molecule has 104 valence electrons. The zero-order chi connectivity index (χ0) is 14.4. The van der Waals surface area contributed by atoms with Gasteiger partial charge in [-0.15, -0.1) is 0 Å². The number of benzene rings is 1. The molecule has 1 aromatic carbocycles. The van der Waals surface area contributed by atoms with Gasteiger partial charge in [-0.1, -0.05) is 19.1 Å². The Balaban J connectivity index is 2.20. The molecule has 5 nitrogen and oxygen atoms in total. The van der Waals surface area contributed by atoms with Crippen LogP contribution < -0.4 is 15.8 Å². The molecule has 0 aliphatic carbocycles. The first-order chi connectivity index (χ1) is 9.70. The van der Waals surface area contributed by atoms with Crippen LogP contribution in [0, 0.1) is 0 Å². The average molecular weight is 271 g/mol. The summed E-state index contributed by atoms with van der Waals surface area (Å²) in [6, 6.07) is 10.4. The van der Waals surface area contributed by atoms with Crippen LogP contribution >= 0.6 is 0 Å². The number of anilines is 1. The lowest BCUT2D eigenvalue weighted by atomic mass is 10.2. The quantitative estimate of drug-likeness (QED) is 0.847. The Hall–Kier alpha value is -2.56. The molecular formula is C15H17N3O2. The number of aromatic nitrogens is 1. The van der Waals surface area contributed by atoms with E-state index in [-0.39, 0.29) is 0 Å². The van der Waals surface area contributed by atoms with Crippen molar-refractivity contribution in [3.05, 3.63) is 48.2 Å². The van der Waals surface area contributed by atoms with E-state index in [0.717, 1.165) is 18.8 Å². The lowest BCUT2D eigenvalue weighted by molar-refractivity contribution is 0.0998. The normalized spacial score (nSPS) is 10.1. The molecule has 3 N–H and O–H groups in total. The second-order valence-corrected chi connectivity index (χ2v) is 4.27. The van der Waals surface area contributed by atoms with Crippen molar-refractivity contribution in [2.75, 3.05) is 11.9 Å². The van der Waals surface area contributed by atoms with Gasteiger partial charge in [0.1, 0.15) is 17.3 Å². The van der Waals surface area contributed by atoms with E-state index in [9.17, 15) is 4.79 Å². The highest BCUT2D eigenvalue weighted by Crippen LogP contribution is 2.25. The van der Waals surface area contributed by atoms with Crippen LogP contribution in [0.3, 0.4) is 0 Å². The van der Waals surface area contributed by atoms with E-state index in [1.54, 1.807) is 42.6 Å². The summed E-state index contributed by atoms with van der Waals surface area (Å²) in [7, 11) is 0. The predicted molar refractivity (Wildman–Crippen MR) is 78.1 cm³/mol. The molecule has 0 aliphatic heterocycles. The zero-order valence-electron chi connectivity index (χ0n) is 11.3. The summed E-state index contributed by atoms with van der Waals surface area (Å²) in [5.74, 6) is 1.26. The summed E-state index contributed by atoms with van der Waals surface area (Å²) in [6.45, 7) is 2.92. The van der Waals surface area contributed by atoms with Gasteiger partial charge in [-0.05, 0) is 24.6 Å². The zero-order valence-corrected chi connectivity index (χ0v) is 11.3. The third-order valence-corrected chi connectivity index (χ3v) is 2.67. The first-order valence-electron chi connectivity index (χ1n) is 6.47. The minimum Gasteiger partial charge on any atom is -0.456 e. The molecule has 1 aromatic heterocycles. The first-order valence-corrected chi connectivity index (χ1v) is 6.47. The standard InChI is InChI=1S/C15H17N3O2/c1-2-8-17-14-10-11(7-9-18-14)20-13-6-4-3-5-12(13)15(16)19/h3-7,9-10H,2,8H2,1H3,(H2,16,19)(H,17,18). The lowest BCUT2D eigenvalue weighted by Gasteiger charge is -2.10. The van der Waals surface area contributed by atoms with Crippen molar-refractivity contribution >= 4 is 11.7 Å². The summed E-state index contributed by atoms with van der Waals surface area (Å²) < 4.78 is 5.71. The van der Waals surface area contributed by atoms with Gasteiger partial charge in [-0.2, -0.15) is 0 Å². The number of nitrogens with zero attached hydrogens (tertiary/aromatic N) is 1. The molecule has 0 unspecified atom stereocenters. The summed E-state index contributed by atoms with van der Waals surface area (Å²) in [6.07, 6.45) is 2.66. The number of amides is 1. The van der Waals surface area contributed by atoms with E-state index in [4.69, 9.17) is 10.5 Å². The third-order valence-electron chi connectivity index (χ3n) is 2.67. The molecule has 2 aromatic rings. The number of primary amides is 1. The van der Waals surface area contributed by atoms with Crippen LogP contribution in [0.5, 0.6) is 11.5 Å². The van der Waals surface area contributed by atoms with Gasteiger partial charge < -0.3 is 15.8 Å². The van der Waals surface area contributed by atoms with Crippen LogP contribution in [0.1, 0.15) is 23.7 Å². The highest BCUT2D eigenvalue weighted by molar-refractivity contribution is 5.95. The van der Waals surface area contributed by atoms with E-state index < -0.39 is 5.91 Å². The molecular weight excluding hydrogens is 254 g/mol. The van der Waals surface area contributed by atoms with Gasteiger partial charge in [0, 0.05) is 18.8 Å². The summed E-state index contributed by atoms with van der Waals surface area (Å²) in [5, 5.41) is 3.18. The molecule has 0 radical (unpaired) electrons. The fourth-order valence-electron chi connectivity index (χ4n) is 1.71. The second kappa shape index (κ2) is 6.56. The third kappa shape index (κ3) is 3.47. The van der Waals surface area contributed by atoms with Crippen LogP contribution in [0.25, 0.3) is 0 Å². The number of hydrogen-bond donors (Lipinski definition) is 2. The number of ether oxygens (including phenoxy) is 1. The van der Waals surface area contributed by atoms with Crippen molar-refractivity contribution < 1.29 is 9.53 Å². The Labute approximate surface area is 117 Å². The van der Waals surface area contributed by atoms with Crippen molar-refractivity contribution in [3.8, 4) is 11.5 Å². The number of rotatable bonds is 6.